The van der Waals surface area contributed by atoms with Crippen LogP contribution in [0.1, 0.15) is 17.2 Å². The zero-order valence-corrected chi connectivity index (χ0v) is 16.7. The lowest BCUT2D eigenvalue weighted by molar-refractivity contribution is 0.490. The second kappa shape index (κ2) is 7.48. The van der Waals surface area contributed by atoms with Gasteiger partial charge in [-0.15, -0.1) is 0 Å². The smallest absolute Gasteiger partial charge is 0.226 e. The van der Waals surface area contributed by atoms with Crippen molar-refractivity contribution in [2.24, 2.45) is 0 Å². The van der Waals surface area contributed by atoms with E-state index in [2.05, 4.69) is 20.3 Å². The molecule has 3 heterocycles. The van der Waals surface area contributed by atoms with Gasteiger partial charge in [0.05, 0.1) is 17.8 Å². The fraction of sp³-hybridized carbons (Fsp3) is 0.125. The molecule has 6 heteroatoms. The van der Waals surface area contributed by atoms with Crippen molar-refractivity contribution >= 4 is 16.7 Å². The molecule has 0 radical (unpaired) electrons. The predicted molar refractivity (Wildman–Crippen MR) is 116 cm³/mol. The highest BCUT2D eigenvalue weighted by atomic mass is 16.4. The maximum absolute atomic E-state index is 6.12. The molecular formula is C24H20N4O2. The van der Waals surface area contributed by atoms with Crippen molar-refractivity contribution in [1.29, 1.82) is 0 Å². The van der Waals surface area contributed by atoms with E-state index in [0.717, 1.165) is 50.8 Å². The maximum atomic E-state index is 6.12. The van der Waals surface area contributed by atoms with Crippen molar-refractivity contribution in [3.8, 4) is 22.8 Å². The Kier molecular flexibility index (Phi) is 4.52. The summed E-state index contributed by atoms with van der Waals surface area (Å²) in [5.41, 5.74) is 3.58. The van der Waals surface area contributed by atoms with Gasteiger partial charge in [-0.1, -0.05) is 18.2 Å². The van der Waals surface area contributed by atoms with Crippen molar-refractivity contribution < 1.29 is 8.83 Å². The number of nitrogens with one attached hydrogen (secondary N) is 1. The van der Waals surface area contributed by atoms with Gasteiger partial charge in [0.25, 0.3) is 0 Å². The monoisotopic (exact) mass is 396 g/mol. The Labute approximate surface area is 173 Å². The Morgan fingerprint density at radius 2 is 1.73 bits per heavy atom. The minimum Gasteiger partial charge on any atom is -0.465 e. The van der Waals surface area contributed by atoms with E-state index in [1.54, 1.807) is 6.33 Å². The number of nitrogens with zero attached hydrogens (tertiary/aromatic N) is 3. The molecular weight excluding hydrogens is 376 g/mol. The summed E-state index contributed by atoms with van der Waals surface area (Å²) >= 11 is 0. The van der Waals surface area contributed by atoms with Crippen molar-refractivity contribution in [1.82, 2.24) is 15.0 Å². The predicted octanol–water partition coefficient (Wildman–Crippen LogP) is 5.77. The molecule has 0 aliphatic carbocycles. The van der Waals surface area contributed by atoms with Crippen LogP contribution in [0, 0.1) is 13.8 Å². The molecule has 0 saturated carbocycles. The summed E-state index contributed by atoms with van der Waals surface area (Å²) < 4.78 is 11.8. The molecule has 30 heavy (non-hydrogen) atoms. The third-order valence-corrected chi connectivity index (χ3v) is 4.94. The summed E-state index contributed by atoms with van der Waals surface area (Å²) in [5.74, 6) is 3.84. The van der Waals surface area contributed by atoms with Crippen LogP contribution in [-0.2, 0) is 6.54 Å². The second-order valence-electron chi connectivity index (χ2n) is 7.12. The van der Waals surface area contributed by atoms with Gasteiger partial charge in [0, 0.05) is 16.5 Å². The third-order valence-electron chi connectivity index (χ3n) is 4.94. The first-order valence-corrected chi connectivity index (χ1v) is 9.74. The number of aryl methyl sites for hydroxylation is 2. The molecule has 0 bridgehead atoms. The van der Waals surface area contributed by atoms with Crippen molar-refractivity contribution in [2.45, 2.75) is 20.4 Å². The van der Waals surface area contributed by atoms with Gasteiger partial charge in [0.15, 0.2) is 5.76 Å². The quantitative estimate of drug-likeness (QED) is 0.406. The van der Waals surface area contributed by atoms with Gasteiger partial charge in [-0.2, -0.15) is 0 Å². The lowest BCUT2D eigenvalue weighted by atomic mass is 10.1. The number of benzene rings is 2. The lowest BCUT2D eigenvalue weighted by Crippen LogP contribution is -2.01. The summed E-state index contributed by atoms with van der Waals surface area (Å²) in [7, 11) is 0. The third kappa shape index (κ3) is 3.43. The molecule has 0 aliphatic rings. The number of fused-ring (bicyclic) bond motifs is 1. The fourth-order valence-electron chi connectivity index (χ4n) is 3.46. The summed E-state index contributed by atoms with van der Waals surface area (Å²) in [4.78, 5) is 13.4. The van der Waals surface area contributed by atoms with Gasteiger partial charge in [-0.05, 0) is 56.3 Å². The highest BCUT2D eigenvalue weighted by Crippen LogP contribution is 2.32. The largest absolute Gasteiger partial charge is 0.465 e. The van der Waals surface area contributed by atoms with E-state index in [4.69, 9.17) is 8.83 Å². The zero-order valence-electron chi connectivity index (χ0n) is 16.7. The SMILES string of the molecule is Cc1ccc(CNc2ncnc3ccc(-c4oc(-c5ccccc5)nc4C)cc23)o1. The highest BCUT2D eigenvalue weighted by molar-refractivity contribution is 5.92. The molecule has 1 N–H and O–H groups in total. The number of furan rings is 1. The number of rotatable bonds is 5. The van der Waals surface area contributed by atoms with Crippen molar-refractivity contribution in [2.75, 3.05) is 5.32 Å². The van der Waals surface area contributed by atoms with Crippen LogP contribution < -0.4 is 5.32 Å². The van der Waals surface area contributed by atoms with Crippen LogP contribution in [0.15, 0.2) is 75.8 Å². The number of hydrogen-bond donors (Lipinski definition) is 1. The molecule has 148 valence electrons. The number of oxazole rings is 1. The van der Waals surface area contributed by atoms with Gasteiger partial charge < -0.3 is 14.2 Å². The molecule has 0 atom stereocenters. The Morgan fingerprint density at radius 3 is 2.53 bits per heavy atom. The van der Waals surface area contributed by atoms with E-state index in [-0.39, 0.29) is 0 Å². The van der Waals surface area contributed by atoms with E-state index in [9.17, 15) is 0 Å². The van der Waals surface area contributed by atoms with Crippen LogP contribution in [0.25, 0.3) is 33.7 Å². The normalized spacial score (nSPS) is 11.1. The summed E-state index contributed by atoms with van der Waals surface area (Å²) in [5, 5.41) is 4.26. The molecule has 0 aliphatic heterocycles. The summed E-state index contributed by atoms with van der Waals surface area (Å²) in [6.45, 7) is 4.43. The molecule has 0 amide bonds. The first kappa shape index (κ1) is 18.1. The molecule has 0 unspecified atom stereocenters. The van der Waals surface area contributed by atoms with Crippen molar-refractivity contribution in [3.63, 3.8) is 0 Å². The van der Waals surface area contributed by atoms with Gasteiger partial charge in [-0.25, -0.2) is 15.0 Å². The lowest BCUT2D eigenvalue weighted by Gasteiger charge is -2.08. The first-order valence-electron chi connectivity index (χ1n) is 9.74. The summed E-state index contributed by atoms with van der Waals surface area (Å²) in [6.07, 6.45) is 1.56. The van der Waals surface area contributed by atoms with Crippen molar-refractivity contribution in [3.05, 3.63) is 84.2 Å². The molecule has 3 aromatic heterocycles. The van der Waals surface area contributed by atoms with Gasteiger partial charge in [0.1, 0.15) is 23.7 Å². The van der Waals surface area contributed by atoms with Crippen LogP contribution in [0.4, 0.5) is 5.82 Å². The fourth-order valence-corrected chi connectivity index (χ4v) is 3.46. The van der Waals surface area contributed by atoms with Crippen LogP contribution >= 0.6 is 0 Å². The van der Waals surface area contributed by atoms with Gasteiger partial charge >= 0.3 is 0 Å². The van der Waals surface area contributed by atoms with Gasteiger partial charge in [0.2, 0.25) is 5.89 Å². The molecule has 0 spiro atoms. The average molecular weight is 396 g/mol. The Hall–Kier alpha value is -3.93. The molecule has 2 aromatic carbocycles. The standard InChI is InChI=1S/C24H20N4O2/c1-15-8-10-19(29-15)13-25-23-20-12-18(9-11-21(20)26-14-27-23)22-16(2)28-24(30-22)17-6-4-3-5-7-17/h3-12,14H,13H2,1-2H3,(H,25,26,27). The number of anilines is 1. The number of hydrogen-bond acceptors (Lipinski definition) is 6. The topological polar surface area (TPSA) is 77.0 Å². The van der Waals surface area contributed by atoms with E-state index in [0.29, 0.717) is 12.4 Å². The van der Waals surface area contributed by atoms with E-state index in [1.165, 1.54) is 0 Å². The number of aromatic nitrogens is 3. The molecule has 0 saturated heterocycles. The molecule has 0 fully saturated rings. The van der Waals surface area contributed by atoms with Crippen LogP contribution in [0.5, 0.6) is 0 Å². The van der Waals surface area contributed by atoms with Crippen LogP contribution in [0.2, 0.25) is 0 Å². The minimum absolute atomic E-state index is 0.545. The zero-order chi connectivity index (χ0) is 20.5. The second-order valence-corrected chi connectivity index (χ2v) is 7.12. The molecule has 5 rings (SSSR count). The summed E-state index contributed by atoms with van der Waals surface area (Å²) in [6, 6.07) is 19.8. The molecule has 5 aromatic rings. The van der Waals surface area contributed by atoms with E-state index >= 15 is 0 Å². The average Bonchev–Trinajstić information content (AvgIpc) is 3.38. The first-order chi connectivity index (χ1) is 14.7. The van der Waals surface area contributed by atoms with E-state index < -0.39 is 0 Å². The van der Waals surface area contributed by atoms with Crippen LogP contribution in [-0.4, -0.2) is 15.0 Å². The Balaban J connectivity index is 1.51. The van der Waals surface area contributed by atoms with Crippen LogP contribution in [0.3, 0.4) is 0 Å². The Morgan fingerprint density at radius 1 is 0.867 bits per heavy atom. The minimum atomic E-state index is 0.545. The Bertz CT molecular complexity index is 1320. The highest BCUT2D eigenvalue weighted by Gasteiger charge is 2.15. The molecule has 6 nitrogen and oxygen atoms in total. The maximum Gasteiger partial charge on any atom is 0.226 e. The van der Waals surface area contributed by atoms with E-state index in [1.807, 2.05) is 74.5 Å². The van der Waals surface area contributed by atoms with Gasteiger partial charge in [-0.3, -0.25) is 0 Å².